The standard InChI is InChI=1S/C19H19FN2O3/c1-25-19(24)16-7-3-9-17-15(16)8-4-10-22(17)12-18(23)21-14-6-2-5-13(20)11-14/h2-3,5-7,9,11H,4,8,10,12H2,1H3,(H,21,23). The molecule has 1 aliphatic heterocycles. The number of carbonyl (C=O) groups excluding carboxylic acids is 2. The van der Waals surface area contributed by atoms with Gasteiger partial charge >= 0.3 is 5.97 Å². The van der Waals surface area contributed by atoms with E-state index >= 15 is 0 Å². The Morgan fingerprint density at radius 3 is 2.80 bits per heavy atom. The van der Waals surface area contributed by atoms with Crippen LogP contribution >= 0.6 is 0 Å². The molecule has 0 radical (unpaired) electrons. The second-order valence-electron chi connectivity index (χ2n) is 5.88. The van der Waals surface area contributed by atoms with Crippen molar-refractivity contribution in [1.29, 1.82) is 0 Å². The largest absolute Gasteiger partial charge is 0.465 e. The first-order chi connectivity index (χ1) is 12.1. The number of methoxy groups -OCH3 is 1. The smallest absolute Gasteiger partial charge is 0.338 e. The zero-order valence-corrected chi connectivity index (χ0v) is 13.9. The number of anilines is 2. The number of hydrogen-bond donors (Lipinski definition) is 1. The number of rotatable bonds is 4. The summed E-state index contributed by atoms with van der Waals surface area (Å²) in [7, 11) is 1.36. The maximum atomic E-state index is 13.2. The molecule has 5 nitrogen and oxygen atoms in total. The zero-order valence-electron chi connectivity index (χ0n) is 13.9. The van der Waals surface area contributed by atoms with Crippen LogP contribution in [0.3, 0.4) is 0 Å². The number of nitrogens with one attached hydrogen (secondary N) is 1. The fraction of sp³-hybridized carbons (Fsp3) is 0.263. The molecule has 2 aromatic rings. The van der Waals surface area contributed by atoms with Crippen LogP contribution in [0.5, 0.6) is 0 Å². The molecule has 0 saturated heterocycles. The first-order valence-corrected chi connectivity index (χ1v) is 8.09. The molecule has 1 N–H and O–H groups in total. The van der Waals surface area contributed by atoms with Gasteiger partial charge in [0.15, 0.2) is 0 Å². The number of hydrogen-bond acceptors (Lipinski definition) is 4. The Labute approximate surface area is 145 Å². The van der Waals surface area contributed by atoms with Crippen molar-refractivity contribution < 1.29 is 18.7 Å². The van der Waals surface area contributed by atoms with Gasteiger partial charge in [-0.05, 0) is 48.7 Å². The Morgan fingerprint density at radius 2 is 2.04 bits per heavy atom. The summed E-state index contributed by atoms with van der Waals surface area (Å²) >= 11 is 0. The minimum Gasteiger partial charge on any atom is -0.465 e. The number of fused-ring (bicyclic) bond motifs is 1. The highest BCUT2D eigenvalue weighted by atomic mass is 19.1. The van der Waals surface area contributed by atoms with Gasteiger partial charge in [-0.15, -0.1) is 0 Å². The maximum absolute atomic E-state index is 13.2. The highest BCUT2D eigenvalue weighted by Crippen LogP contribution is 2.30. The molecule has 130 valence electrons. The summed E-state index contributed by atoms with van der Waals surface area (Å²) in [6.45, 7) is 0.850. The van der Waals surface area contributed by atoms with Gasteiger partial charge in [0.25, 0.3) is 0 Å². The summed E-state index contributed by atoms with van der Waals surface area (Å²) < 4.78 is 18.1. The average molecular weight is 342 g/mol. The number of carbonyl (C=O) groups is 2. The highest BCUT2D eigenvalue weighted by molar-refractivity contribution is 5.96. The van der Waals surface area contributed by atoms with E-state index in [9.17, 15) is 14.0 Å². The second kappa shape index (κ2) is 7.34. The zero-order chi connectivity index (χ0) is 17.8. The molecular weight excluding hydrogens is 323 g/mol. The molecule has 1 amide bonds. The van der Waals surface area contributed by atoms with E-state index in [4.69, 9.17) is 4.74 Å². The summed E-state index contributed by atoms with van der Waals surface area (Å²) in [5.41, 5.74) is 2.73. The van der Waals surface area contributed by atoms with Gasteiger partial charge in [0.05, 0.1) is 19.2 Å². The van der Waals surface area contributed by atoms with Crippen molar-refractivity contribution in [3.63, 3.8) is 0 Å². The molecular formula is C19H19FN2O3. The normalized spacial score (nSPS) is 13.1. The molecule has 0 bridgehead atoms. The van der Waals surface area contributed by atoms with E-state index < -0.39 is 5.82 Å². The molecule has 0 aliphatic carbocycles. The Balaban J connectivity index is 1.77. The second-order valence-corrected chi connectivity index (χ2v) is 5.88. The molecule has 0 atom stereocenters. The number of esters is 1. The van der Waals surface area contributed by atoms with E-state index in [0.29, 0.717) is 17.8 Å². The van der Waals surface area contributed by atoms with Crippen LogP contribution in [0.1, 0.15) is 22.3 Å². The Hall–Kier alpha value is -2.89. The molecule has 0 spiro atoms. The molecule has 6 heteroatoms. The summed E-state index contributed by atoms with van der Waals surface area (Å²) in [4.78, 5) is 26.2. The quantitative estimate of drug-likeness (QED) is 0.868. The van der Waals surface area contributed by atoms with E-state index in [0.717, 1.165) is 24.1 Å². The topological polar surface area (TPSA) is 58.6 Å². The molecule has 0 aromatic heterocycles. The molecule has 25 heavy (non-hydrogen) atoms. The van der Waals surface area contributed by atoms with E-state index in [1.807, 2.05) is 11.0 Å². The summed E-state index contributed by atoms with van der Waals surface area (Å²) in [6, 6.07) is 11.2. The first-order valence-electron chi connectivity index (χ1n) is 8.09. The van der Waals surface area contributed by atoms with E-state index in [1.165, 1.54) is 19.2 Å². The number of amides is 1. The summed E-state index contributed by atoms with van der Waals surface area (Å²) in [6.07, 6.45) is 1.61. The average Bonchev–Trinajstić information content (AvgIpc) is 2.61. The van der Waals surface area contributed by atoms with Gasteiger partial charge < -0.3 is 15.0 Å². The van der Waals surface area contributed by atoms with Gasteiger partial charge in [0, 0.05) is 17.9 Å². The molecule has 1 aliphatic rings. The van der Waals surface area contributed by atoms with Crippen LogP contribution in [0.15, 0.2) is 42.5 Å². The minimum absolute atomic E-state index is 0.133. The first kappa shape index (κ1) is 17.0. The fourth-order valence-corrected chi connectivity index (χ4v) is 3.11. The van der Waals surface area contributed by atoms with E-state index in [1.54, 1.807) is 24.3 Å². The number of halogens is 1. The lowest BCUT2D eigenvalue weighted by Gasteiger charge is -2.31. The van der Waals surface area contributed by atoms with Crippen LogP contribution in [0, 0.1) is 5.82 Å². The highest BCUT2D eigenvalue weighted by Gasteiger charge is 2.23. The summed E-state index contributed by atoms with van der Waals surface area (Å²) in [5.74, 6) is -1.01. The maximum Gasteiger partial charge on any atom is 0.338 e. The Kier molecular flexibility index (Phi) is 4.97. The van der Waals surface area contributed by atoms with E-state index in [2.05, 4.69) is 5.32 Å². The van der Waals surface area contributed by atoms with E-state index in [-0.39, 0.29) is 18.4 Å². The van der Waals surface area contributed by atoms with Crippen molar-refractivity contribution in [2.45, 2.75) is 12.8 Å². The van der Waals surface area contributed by atoms with Crippen molar-refractivity contribution in [3.8, 4) is 0 Å². The van der Waals surface area contributed by atoms with Crippen LogP contribution in [0.25, 0.3) is 0 Å². The molecule has 0 saturated carbocycles. The molecule has 0 unspecified atom stereocenters. The van der Waals surface area contributed by atoms with Gasteiger partial charge in [-0.1, -0.05) is 12.1 Å². The van der Waals surface area contributed by atoms with Crippen LogP contribution in [0.2, 0.25) is 0 Å². The number of benzene rings is 2. The Bertz CT molecular complexity index is 807. The third kappa shape index (κ3) is 3.79. The molecule has 3 rings (SSSR count). The lowest BCUT2D eigenvalue weighted by atomic mass is 9.96. The third-order valence-corrected chi connectivity index (χ3v) is 4.19. The number of ether oxygens (including phenoxy) is 1. The van der Waals surface area contributed by atoms with Crippen molar-refractivity contribution in [3.05, 3.63) is 59.4 Å². The Morgan fingerprint density at radius 1 is 1.24 bits per heavy atom. The van der Waals surface area contributed by atoms with Crippen LogP contribution in [0.4, 0.5) is 15.8 Å². The monoisotopic (exact) mass is 342 g/mol. The van der Waals surface area contributed by atoms with Gasteiger partial charge in [-0.3, -0.25) is 4.79 Å². The molecule has 0 fully saturated rings. The minimum atomic E-state index is -0.399. The molecule has 2 aromatic carbocycles. The number of nitrogens with zero attached hydrogens (tertiary/aromatic N) is 1. The fourth-order valence-electron chi connectivity index (χ4n) is 3.11. The predicted octanol–water partition coefficient (Wildman–Crippen LogP) is 3.00. The SMILES string of the molecule is COC(=O)c1cccc2c1CCCN2CC(=O)Nc1cccc(F)c1. The lowest BCUT2D eigenvalue weighted by molar-refractivity contribution is -0.115. The van der Waals surface area contributed by atoms with Gasteiger partial charge in [0.2, 0.25) is 5.91 Å². The van der Waals surface area contributed by atoms with Crippen LogP contribution in [-0.2, 0) is 16.0 Å². The third-order valence-electron chi connectivity index (χ3n) is 4.19. The van der Waals surface area contributed by atoms with Crippen molar-refractivity contribution in [2.75, 3.05) is 30.4 Å². The van der Waals surface area contributed by atoms with Gasteiger partial charge in [-0.25, -0.2) is 9.18 Å². The summed E-state index contributed by atoms with van der Waals surface area (Å²) in [5, 5.41) is 2.70. The van der Waals surface area contributed by atoms with Crippen molar-refractivity contribution in [1.82, 2.24) is 0 Å². The van der Waals surface area contributed by atoms with Crippen molar-refractivity contribution >= 4 is 23.3 Å². The van der Waals surface area contributed by atoms with Crippen LogP contribution in [-0.4, -0.2) is 32.1 Å². The van der Waals surface area contributed by atoms with Crippen LogP contribution < -0.4 is 10.2 Å². The predicted molar refractivity (Wildman–Crippen MR) is 93.3 cm³/mol. The van der Waals surface area contributed by atoms with Gasteiger partial charge in [0.1, 0.15) is 5.82 Å². The lowest BCUT2D eigenvalue weighted by Crippen LogP contribution is -2.37. The van der Waals surface area contributed by atoms with Gasteiger partial charge in [-0.2, -0.15) is 0 Å². The molecule has 1 heterocycles. The van der Waals surface area contributed by atoms with Crippen molar-refractivity contribution in [2.24, 2.45) is 0 Å².